The van der Waals surface area contributed by atoms with Crippen LogP contribution >= 0.6 is 0 Å². The molecule has 0 bridgehead atoms. The number of Topliss-reactive ketones (excluding diaryl/α,β-unsaturated/α-hetero) is 1. The molecule has 0 spiro atoms. The van der Waals surface area contributed by atoms with Crippen molar-refractivity contribution >= 4 is 11.8 Å². The lowest BCUT2D eigenvalue weighted by atomic mass is 9.44. The molecule has 0 amide bonds. The highest BCUT2D eigenvalue weighted by molar-refractivity contribution is 5.86. The van der Waals surface area contributed by atoms with Gasteiger partial charge in [0, 0.05) is 12.3 Å². The molecule has 3 unspecified atom stereocenters. The maximum absolute atomic E-state index is 12.5. The molecular weight excluding hydrogens is 352 g/mol. The van der Waals surface area contributed by atoms with Gasteiger partial charge in [-0.15, -0.1) is 0 Å². The Kier molecular flexibility index (Phi) is 4.77. The molecule has 1 N–H and O–H groups in total. The van der Waals surface area contributed by atoms with E-state index in [4.69, 9.17) is 4.74 Å². The zero-order valence-corrected chi connectivity index (χ0v) is 18.3. The first kappa shape index (κ1) is 20.4. The van der Waals surface area contributed by atoms with Crippen LogP contribution in [0.1, 0.15) is 86.0 Å². The van der Waals surface area contributed by atoms with Crippen LogP contribution in [0, 0.1) is 40.4 Å². The number of hydrogen-bond acceptors (Lipinski definition) is 4. The molecule has 4 aliphatic rings. The molecule has 4 rings (SSSR count). The minimum atomic E-state index is -1.16. The van der Waals surface area contributed by atoms with Gasteiger partial charge in [0.05, 0.1) is 0 Å². The predicted molar refractivity (Wildman–Crippen MR) is 107 cm³/mol. The van der Waals surface area contributed by atoms with Gasteiger partial charge >= 0.3 is 5.97 Å². The Labute approximate surface area is 169 Å². The van der Waals surface area contributed by atoms with Crippen LogP contribution in [0.3, 0.4) is 0 Å². The van der Waals surface area contributed by atoms with Gasteiger partial charge < -0.3 is 9.84 Å². The van der Waals surface area contributed by atoms with E-state index < -0.39 is 5.60 Å². The summed E-state index contributed by atoms with van der Waals surface area (Å²) in [6.07, 6.45) is 8.64. The molecule has 0 radical (unpaired) electrons. The van der Waals surface area contributed by atoms with E-state index in [0.717, 1.165) is 38.5 Å². The largest absolute Gasteiger partial charge is 0.463 e. The molecule has 4 fully saturated rings. The molecule has 0 aromatic carbocycles. The number of fused-ring (bicyclic) bond motifs is 5. The van der Waals surface area contributed by atoms with Crippen LogP contribution in [-0.4, -0.2) is 28.6 Å². The second-order valence-electron chi connectivity index (χ2n) is 11.1. The Morgan fingerprint density at radius 1 is 0.964 bits per heavy atom. The number of carbonyl (C=O) groups excluding carboxylic acids is 2. The average molecular weight is 391 g/mol. The van der Waals surface area contributed by atoms with Gasteiger partial charge in [0.2, 0.25) is 0 Å². The van der Waals surface area contributed by atoms with E-state index in [1.807, 2.05) is 0 Å². The number of aliphatic hydroxyl groups is 1. The molecule has 0 aromatic heterocycles. The van der Waals surface area contributed by atoms with E-state index in [2.05, 4.69) is 20.8 Å². The van der Waals surface area contributed by atoms with Gasteiger partial charge in [0.25, 0.3) is 0 Å². The number of hydrogen-bond donors (Lipinski definition) is 1. The highest BCUT2D eigenvalue weighted by Gasteiger charge is 2.68. The first-order valence-corrected chi connectivity index (χ1v) is 11.4. The lowest BCUT2D eigenvalue weighted by molar-refractivity contribution is -0.178. The van der Waals surface area contributed by atoms with Crippen LogP contribution in [0.25, 0.3) is 0 Å². The van der Waals surface area contributed by atoms with E-state index in [-0.39, 0.29) is 29.2 Å². The molecule has 28 heavy (non-hydrogen) atoms. The number of rotatable bonds is 2. The Bertz CT molecular complexity index is 674. The molecule has 0 heterocycles. The van der Waals surface area contributed by atoms with Crippen molar-refractivity contribution in [1.82, 2.24) is 0 Å². The van der Waals surface area contributed by atoms with Gasteiger partial charge in [-0.05, 0) is 93.3 Å². The van der Waals surface area contributed by atoms with Crippen LogP contribution in [0.15, 0.2) is 0 Å². The fourth-order valence-corrected chi connectivity index (χ4v) is 8.65. The fourth-order valence-electron chi connectivity index (χ4n) is 8.65. The topological polar surface area (TPSA) is 63.6 Å². The maximum atomic E-state index is 12.5. The molecular formula is C24H38O4. The Balaban J connectivity index is 1.59. The molecule has 9 atom stereocenters. The number of ether oxygens (including phenoxy) is 1. The summed E-state index contributed by atoms with van der Waals surface area (Å²) in [7, 11) is 0. The van der Waals surface area contributed by atoms with Crippen molar-refractivity contribution in [3.63, 3.8) is 0 Å². The third-order valence-corrected chi connectivity index (χ3v) is 10.1. The van der Waals surface area contributed by atoms with E-state index in [0.29, 0.717) is 29.1 Å². The summed E-state index contributed by atoms with van der Waals surface area (Å²) >= 11 is 0. The summed E-state index contributed by atoms with van der Waals surface area (Å²) in [4.78, 5) is 23.9. The molecule has 4 nitrogen and oxygen atoms in total. The second kappa shape index (κ2) is 6.55. The predicted octanol–water partition coefficient (Wildman–Crippen LogP) is 4.53. The smallest absolute Gasteiger partial charge is 0.302 e. The van der Waals surface area contributed by atoms with Crippen LogP contribution in [0.5, 0.6) is 0 Å². The van der Waals surface area contributed by atoms with Crippen LogP contribution in [-0.2, 0) is 14.3 Å². The zero-order chi connectivity index (χ0) is 20.5. The number of carbonyl (C=O) groups is 2. The van der Waals surface area contributed by atoms with Crippen LogP contribution in [0.4, 0.5) is 0 Å². The van der Waals surface area contributed by atoms with Crippen LogP contribution < -0.4 is 0 Å². The van der Waals surface area contributed by atoms with Gasteiger partial charge in [-0.2, -0.15) is 0 Å². The third kappa shape index (κ3) is 2.58. The van der Waals surface area contributed by atoms with Gasteiger partial charge in [-0.1, -0.05) is 20.8 Å². The van der Waals surface area contributed by atoms with Crippen molar-refractivity contribution in [2.45, 2.75) is 97.7 Å². The van der Waals surface area contributed by atoms with Gasteiger partial charge in [0.15, 0.2) is 5.78 Å². The summed E-state index contributed by atoms with van der Waals surface area (Å²) < 4.78 is 5.56. The molecule has 158 valence electrons. The van der Waals surface area contributed by atoms with Crippen LogP contribution in [0.2, 0.25) is 0 Å². The quantitative estimate of drug-likeness (QED) is 0.704. The molecule has 4 aliphatic carbocycles. The fraction of sp³-hybridized carbons (Fsp3) is 0.917. The van der Waals surface area contributed by atoms with Crippen molar-refractivity contribution < 1.29 is 19.4 Å². The van der Waals surface area contributed by atoms with Gasteiger partial charge in [-0.3, -0.25) is 9.59 Å². The number of ketones is 1. The molecule has 0 aliphatic heterocycles. The minimum Gasteiger partial charge on any atom is -0.463 e. The lowest BCUT2D eigenvalue weighted by Gasteiger charge is -2.61. The van der Waals surface area contributed by atoms with Crippen molar-refractivity contribution in [2.75, 3.05) is 0 Å². The molecule has 4 saturated carbocycles. The first-order chi connectivity index (χ1) is 13.0. The third-order valence-electron chi connectivity index (χ3n) is 10.1. The summed E-state index contributed by atoms with van der Waals surface area (Å²) in [6, 6.07) is 0. The van der Waals surface area contributed by atoms with Crippen molar-refractivity contribution in [3.05, 3.63) is 0 Å². The van der Waals surface area contributed by atoms with Crippen molar-refractivity contribution in [1.29, 1.82) is 0 Å². The van der Waals surface area contributed by atoms with E-state index >= 15 is 0 Å². The van der Waals surface area contributed by atoms with Gasteiger partial charge in [0.1, 0.15) is 11.7 Å². The summed E-state index contributed by atoms with van der Waals surface area (Å²) in [6.45, 7) is 9.87. The second-order valence-corrected chi connectivity index (χ2v) is 11.1. The zero-order valence-electron chi connectivity index (χ0n) is 18.3. The maximum Gasteiger partial charge on any atom is 0.302 e. The SMILES string of the molecule is CC(=O)OC1CC[C@@]2(C)C(CC[C@@H]3[C@@H]2CC[C@@]2(C)[C@H]3CC(C)[C@]2(O)C(C)=O)C1. The van der Waals surface area contributed by atoms with Crippen molar-refractivity contribution in [3.8, 4) is 0 Å². The average Bonchev–Trinajstić information content (AvgIpc) is 2.83. The summed E-state index contributed by atoms with van der Waals surface area (Å²) in [5.74, 6) is 2.21. The first-order valence-electron chi connectivity index (χ1n) is 11.4. The summed E-state index contributed by atoms with van der Waals surface area (Å²) in [5, 5.41) is 11.5. The van der Waals surface area contributed by atoms with E-state index in [1.54, 1.807) is 6.92 Å². The Morgan fingerprint density at radius 3 is 2.32 bits per heavy atom. The summed E-state index contributed by atoms with van der Waals surface area (Å²) in [5.41, 5.74) is -1.13. The minimum absolute atomic E-state index is 0.0368. The molecule has 0 aromatic rings. The standard InChI is InChI=1S/C24H38O4/c1-14-12-21-19-7-6-17-13-18(28-16(3)26)8-10-22(17,4)20(19)9-11-23(21,5)24(14,27)15(2)25/h14,17-21,27H,6-13H2,1-5H3/t14?,17?,18?,19-,20+,21+,22+,23+,24+/m1/s1. The van der Waals surface area contributed by atoms with Crippen molar-refractivity contribution in [2.24, 2.45) is 40.4 Å². The monoisotopic (exact) mass is 390 g/mol. The van der Waals surface area contributed by atoms with E-state index in [9.17, 15) is 14.7 Å². The highest BCUT2D eigenvalue weighted by Crippen LogP contribution is 2.69. The highest BCUT2D eigenvalue weighted by atomic mass is 16.5. The van der Waals surface area contributed by atoms with E-state index in [1.165, 1.54) is 19.8 Å². The molecule has 0 saturated heterocycles. The van der Waals surface area contributed by atoms with Gasteiger partial charge in [-0.25, -0.2) is 0 Å². The number of esters is 1. The lowest BCUT2D eigenvalue weighted by Crippen LogP contribution is -2.59. The Hall–Kier alpha value is -0.900. The normalized spacial score (nSPS) is 52.9. The Morgan fingerprint density at radius 2 is 1.68 bits per heavy atom. The molecule has 4 heteroatoms.